The number of benzene rings is 1. The van der Waals surface area contributed by atoms with Crippen LogP contribution in [-0.4, -0.2) is 14.9 Å². The third-order valence-electron chi connectivity index (χ3n) is 2.60. The first-order valence-electron chi connectivity index (χ1n) is 5.71. The summed E-state index contributed by atoms with van der Waals surface area (Å²) in [4.78, 5) is 27.8. The second kappa shape index (κ2) is 5.70. The van der Waals surface area contributed by atoms with Crippen LogP contribution in [0.25, 0.3) is 0 Å². The number of halogens is 1. The van der Waals surface area contributed by atoms with E-state index in [0.717, 1.165) is 11.9 Å². The van der Waals surface area contributed by atoms with Gasteiger partial charge in [-0.3, -0.25) is 14.9 Å². The summed E-state index contributed by atoms with van der Waals surface area (Å²) in [7, 11) is 0. The molecule has 0 bridgehead atoms. The average molecular weight is 296 g/mol. The molecular weight excluding hydrogens is 286 g/mol. The average Bonchev–Trinajstić information content (AvgIpc) is 2.44. The lowest BCUT2D eigenvalue weighted by molar-refractivity contribution is -0.385. The Bertz CT molecular complexity index is 714. The number of nitrogens with zero attached hydrogens (tertiary/aromatic N) is 2. The molecule has 1 aromatic carbocycles. The Hall–Kier alpha value is -2.41. The molecule has 0 saturated heterocycles. The maximum absolute atomic E-state index is 11.3. The molecule has 0 unspecified atom stereocenters. The third-order valence-corrected chi connectivity index (χ3v) is 2.93. The molecule has 1 N–H and O–H groups in total. The predicted molar refractivity (Wildman–Crippen MR) is 72.4 cm³/mol. The van der Waals surface area contributed by atoms with Gasteiger partial charge >= 0.3 is 5.69 Å². The van der Waals surface area contributed by atoms with Gasteiger partial charge in [0.15, 0.2) is 5.02 Å². The molecule has 0 spiro atoms. The van der Waals surface area contributed by atoms with Crippen molar-refractivity contribution in [1.82, 2.24) is 9.97 Å². The van der Waals surface area contributed by atoms with Gasteiger partial charge in [0, 0.05) is 6.07 Å². The van der Waals surface area contributed by atoms with Gasteiger partial charge in [-0.1, -0.05) is 24.6 Å². The van der Waals surface area contributed by atoms with E-state index in [4.69, 9.17) is 16.3 Å². The van der Waals surface area contributed by atoms with Crippen molar-refractivity contribution in [2.75, 3.05) is 0 Å². The zero-order chi connectivity index (χ0) is 14.7. The number of H-pyrrole nitrogens is 1. The molecule has 8 heteroatoms. The standard InChI is InChI=1S/C12H10ClN3O4/c1-2-7-3-4-9(8(5-7)16(18)19)20-12-10(13)11(17)14-6-15-12/h3-6H,2H2,1H3,(H,14,15,17). The van der Waals surface area contributed by atoms with Gasteiger partial charge in [-0.2, -0.15) is 0 Å². The SMILES string of the molecule is CCc1ccc(Oc2nc[nH]c(=O)c2Cl)c([N+](=O)[O-])c1. The second-order valence-corrected chi connectivity index (χ2v) is 4.24. The highest BCUT2D eigenvalue weighted by atomic mass is 35.5. The smallest absolute Gasteiger partial charge is 0.311 e. The predicted octanol–water partition coefficient (Wildman–Crippen LogP) is 2.69. The Labute approximate surface area is 118 Å². The topological polar surface area (TPSA) is 98.1 Å². The van der Waals surface area contributed by atoms with Crippen LogP contribution >= 0.6 is 11.6 Å². The van der Waals surface area contributed by atoms with Crippen LogP contribution in [0, 0.1) is 10.1 Å². The van der Waals surface area contributed by atoms with Gasteiger partial charge in [-0.05, 0) is 18.1 Å². The summed E-state index contributed by atoms with van der Waals surface area (Å²) < 4.78 is 5.28. The molecule has 0 atom stereocenters. The van der Waals surface area contributed by atoms with E-state index < -0.39 is 10.5 Å². The Balaban J connectivity index is 2.45. The number of ether oxygens (including phenoxy) is 1. The summed E-state index contributed by atoms with van der Waals surface area (Å²) in [5.41, 5.74) is 0.0148. The van der Waals surface area contributed by atoms with E-state index in [1.807, 2.05) is 6.92 Å². The first-order valence-corrected chi connectivity index (χ1v) is 6.09. The number of nitro benzene ring substituents is 1. The zero-order valence-corrected chi connectivity index (χ0v) is 11.2. The number of hydrogen-bond acceptors (Lipinski definition) is 5. The van der Waals surface area contributed by atoms with Crippen LogP contribution in [0.1, 0.15) is 12.5 Å². The summed E-state index contributed by atoms with van der Waals surface area (Å²) >= 11 is 5.73. The first-order chi connectivity index (χ1) is 9.52. The highest BCUT2D eigenvalue weighted by molar-refractivity contribution is 6.31. The Morgan fingerprint density at radius 2 is 2.25 bits per heavy atom. The number of nitrogens with one attached hydrogen (secondary N) is 1. The van der Waals surface area contributed by atoms with Crippen molar-refractivity contribution in [3.8, 4) is 11.6 Å². The van der Waals surface area contributed by atoms with E-state index in [0.29, 0.717) is 6.42 Å². The van der Waals surface area contributed by atoms with Gasteiger partial charge in [0.05, 0.1) is 11.3 Å². The Morgan fingerprint density at radius 3 is 2.90 bits per heavy atom. The van der Waals surface area contributed by atoms with E-state index >= 15 is 0 Å². The van der Waals surface area contributed by atoms with Gasteiger partial charge in [0.25, 0.3) is 5.56 Å². The van der Waals surface area contributed by atoms with Crippen molar-refractivity contribution >= 4 is 17.3 Å². The molecule has 0 aliphatic heterocycles. The molecule has 0 saturated carbocycles. The summed E-state index contributed by atoms with van der Waals surface area (Å²) in [6, 6.07) is 4.57. The summed E-state index contributed by atoms with van der Waals surface area (Å²) in [5, 5.41) is 10.8. The van der Waals surface area contributed by atoms with Gasteiger partial charge in [0.2, 0.25) is 11.6 Å². The Morgan fingerprint density at radius 1 is 1.50 bits per heavy atom. The molecule has 1 aromatic heterocycles. The van der Waals surface area contributed by atoms with Crippen molar-refractivity contribution in [2.45, 2.75) is 13.3 Å². The van der Waals surface area contributed by atoms with Crippen molar-refractivity contribution in [3.63, 3.8) is 0 Å². The first kappa shape index (κ1) is 14.0. The van der Waals surface area contributed by atoms with E-state index in [1.54, 1.807) is 6.07 Å². The molecule has 0 amide bonds. The van der Waals surface area contributed by atoms with Crippen LogP contribution < -0.4 is 10.3 Å². The monoisotopic (exact) mass is 295 g/mol. The number of rotatable bonds is 4. The van der Waals surface area contributed by atoms with Gasteiger partial charge in [-0.15, -0.1) is 0 Å². The fourth-order valence-electron chi connectivity index (χ4n) is 1.55. The van der Waals surface area contributed by atoms with Crippen molar-refractivity contribution < 1.29 is 9.66 Å². The molecular formula is C12H10ClN3O4. The lowest BCUT2D eigenvalue weighted by Crippen LogP contribution is -2.08. The maximum Gasteiger partial charge on any atom is 0.311 e. The summed E-state index contributed by atoms with van der Waals surface area (Å²) in [6.45, 7) is 1.88. The molecule has 2 rings (SSSR count). The number of nitro groups is 1. The maximum atomic E-state index is 11.3. The molecule has 2 aromatic rings. The van der Waals surface area contributed by atoms with E-state index in [1.165, 1.54) is 12.1 Å². The quantitative estimate of drug-likeness (QED) is 0.690. The molecule has 0 aliphatic carbocycles. The minimum absolute atomic E-state index is 0.0211. The fourth-order valence-corrected chi connectivity index (χ4v) is 1.70. The lowest BCUT2D eigenvalue weighted by atomic mass is 10.1. The van der Waals surface area contributed by atoms with Crippen LogP contribution in [0.5, 0.6) is 11.6 Å². The zero-order valence-electron chi connectivity index (χ0n) is 10.4. The van der Waals surface area contributed by atoms with Gasteiger partial charge in [-0.25, -0.2) is 4.98 Å². The Kier molecular flexibility index (Phi) is 3.99. The molecule has 0 radical (unpaired) electrons. The van der Waals surface area contributed by atoms with Crippen LogP contribution in [0.4, 0.5) is 5.69 Å². The van der Waals surface area contributed by atoms with Crippen LogP contribution in [0.3, 0.4) is 0 Å². The lowest BCUT2D eigenvalue weighted by Gasteiger charge is -2.07. The molecule has 1 heterocycles. The van der Waals surface area contributed by atoms with E-state index in [2.05, 4.69) is 9.97 Å². The van der Waals surface area contributed by atoms with Crippen LogP contribution in [0.15, 0.2) is 29.3 Å². The van der Waals surface area contributed by atoms with Crippen molar-refractivity contribution in [1.29, 1.82) is 0 Å². The van der Waals surface area contributed by atoms with Crippen molar-refractivity contribution in [3.05, 3.63) is 55.6 Å². The fraction of sp³-hybridized carbons (Fsp3) is 0.167. The molecule has 0 fully saturated rings. The van der Waals surface area contributed by atoms with Crippen LogP contribution in [0.2, 0.25) is 5.02 Å². The third kappa shape index (κ3) is 2.77. The van der Waals surface area contributed by atoms with Gasteiger partial charge < -0.3 is 9.72 Å². The highest BCUT2D eigenvalue weighted by Gasteiger charge is 2.18. The van der Waals surface area contributed by atoms with E-state index in [9.17, 15) is 14.9 Å². The number of aromatic nitrogens is 2. The summed E-state index contributed by atoms with van der Waals surface area (Å²) in [6.07, 6.45) is 1.76. The minimum atomic E-state index is -0.579. The van der Waals surface area contributed by atoms with Crippen molar-refractivity contribution in [2.24, 2.45) is 0 Å². The summed E-state index contributed by atoms with van der Waals surface area (Å²) in [5.74, 6) is -0.199. The second-order valence-electron chi connectivity index (χ2n) is 3.87. The minimum Gasteiger partial charge on any atom is -0.430 e. The molecule has 104 valence electrons. The largest absolute Gasteiger partial charge is 0.430 e. The number of hydrogen-bond donors (Lipinski definition) is 1. The molecule has 0 aliphatic rings. The molecule has 20 heavy (non-hydrogen) atoms. The van der Waals surface area contributed by atoms with Gasteiger partial charge in [0.1, 0.15) is 0 Å². The molecule has 7 nitrogen and oxygen atoms in total. The van der Waals surface area contributed by atoms with Crippen LogP contribution in [-0.2, 0) is 6.42 Å². The number of aryl methyl sites for hydroxylation is 1. The normalized spacial score (nSPS) is 10.3. The van der Waals surface area contributed by atoms with E-state index in [-0.39, 0.29) is 22.3 Å². The highest BCUT2D eigenvalue weighted by Crippen LogP contribution is 2.33. The number of aromatic amines is 1.